The van der Waals surface area contributed by atoms with Crippen molar-refractivity contribution in [2.24, 2.45) is 0 Å². The average molecular weight is 680 g/mol. The molecule has 11 heteroatoms. The highest BCUT2D eigenvalue weighted by Crippen LogP contribution is 2.28. The monoisotopic (exact) mass is 679 g/mol. The number of nitrogens with zero attached hydrogens (tertiary/aromatic N) is 2. The highest BCUT2D eigenvalue weighted by Gasteiger charge is 2.36. The number of benzene rings is 4. The van der Waals surface area contributed by atoms with Gasteiger partial charge in [0.15, 0.2) is 0 Å². The molecule has 0 heterocycles. The summed E-state index contributed by atoms with van der Waals surface area (Å²) >= 11 is 6.05. The van der Waals surface area contributed by atoms with Gasteiger partial charge in [-0.2, -0.15) is 0 Å². The lowest BCUT2D eigenvalue weighted by molar-refractivity contribution is -0.140. The van der Waals surface area contributed by atoms with E-state index in [1.54, 1.807) is 30.3 Å². The maximum Gasteiger partial charge on any atom is 0.264 e. The molecular weight excluding hydrogens is 641 g/mol. The predicted octanol–water partition coefficient (Wildman–Crippen LogP) is 6.63. The number of hydrogen-bond donors (Lipinski definition) is 1. The summed E-state index contributed by atoms with van der Waals surface area (Å²) < 4.78 is 49.9. The maximum atomic E-state index is 15.1. The van der Waals surface area contributed by atoms with Gasteiger partial charge >= 0.3 is 0 Å². The second kappa shape index (κ2) is 15.5. The Kier molecular flexibility index (Phi) is 11.7. The number of amides is 2. The van der Waals surface area contributed by atoms with Crippen molar-refractivity contribution in [2.75, 3.05) is 17.5 Å². The molecule has 0 saturated heterocycles. The predicted molar refractivity (Wildman–Crippen MR) is 182 cm³/mol. The van der Waals surface area contributed by atoms with Crippen LogP contribution in [0.25, 0.3) is 0 Å². The van der Waals surface area contributed by atoms with Gasteiger partial charge < -0.3 is 15.0 Å². The van der Waals surface area contributed by atoms with E-state index < -0.39 is 45.8 Å². The van der Waals surface area contributed by atoms with Gasteiger partial charge in [0.05, 0.1) is 17.2 Å². The normalized spacial score (nSPS) is 12.2. The van der Waals surface area contributed by atoms with Gasteiger partial charge in [-0.1, -0.05) is 60.1 Å². The molecule has 0 spiro atoms. The summed E-state index contributed by atoms with van der Waals surface area (Å²) in [4.78, 5) is 29.6. The number of rotatable bonds is 13. The third-order valence-electron chi connectivity index (χ3n) is 7.18. The first-order valence-corrected chi connectivity index (χ1v) is 17.0. The minimum Gasteiger partial charge on any atom is -0.494 e. The van der Waals surface area contributed by atoms with Gasteiger partial charge in [-0.15, -0.1) is 0 Å². The average Bonchev–Trinajstić information content (AvgIpc) is 3.02. The van der Waals surface area contributed by atoms with Crippen LogP contribution in [-0.2, 0) is 32.6 Å². The minimum absolute atomic E-state index is 0.0875. The SMILES string of the molecule is CCOc1ccc(N(CC(=O)N(Cc2ccccc2F)C(Cc2ccccc2)C(=O)NC(C)(C)C)S(=O)(=O)c2ccc(Cl)cc2)cc1. The Bertz CT molecular complexity index is 1760. The summed E-state index contributed by atoms with van der Waals surface area (Å²) in [6.07, 6.45) is 0.107. The van der Waals surface area contributed by atoms with Gasteiger partial charge in [0.2, 0.25) is 11.8 Å². The number of carbonyl (C=O) groups is 2. The molecule has 0 aliphatic carbocycles. The highest BCUT2D eigenvalue weighted by molar-refractivity contribution is 7.92. The fourth-order valence-corrected chi connectivity index (χ4v) is 6.49. The van der Waals surface area contributed by atoms with Crippen molar-refractivity contribution in [2.45, 2.75) is 57.1 Å². The summed E-state index contributed by atoms with van der Waals surface area (Å²) in [5, 5.41) is 3.30. The van der Waals surface area contributed by atoms with Crippen LogP contribution >= 0.6 is 11.6 Å². The van der Waals surface area contributed by atoms with Gasteiger partial charge in [-0.25, -0.2) is 12.8 Å². The quantitative estimate of drug-likeness (QED) is 0.171. The highest BCUT2D eigenvalue weighted by atomic mass is 35.5. The van der Waals surface area contributed by atoms with E-state index in [2.05, 4.69) is 5.32 Å². The van der Waals surface area contributed by atoms with Crippen LogP contribution in [0, 0.1) is 5.82 Å². The number of hydrogen-bond acceptors (Lipinski definition) is 5. The molecule has 0 fully saturated rings. The molecule has 4 rings (SSSR count). The lowest BCUT2D eigenvalue weighted by Crippen LogP contribution is -2.56. The Morgan fingerprint density at radius 2 is 1.51 bits per heavy atom. The van der Waals surface area contributed by atoms with E-state index in [0.717, 1.165) is 9.87 Å². The van der Waals surface area contributed by atoms with Gasteiger partial charge in [0, 0.05) is 29.1 Å². The van der Waals surface area contributed by atoms with E-state index in [4.69, 9.17) is 16.3 Å². The molecule has 0 bridgehead atoms. The summed E-state index contributed by atoms with van der Waals surface area (Å²) in [6.45, 7) is 6.74. The lowest BCUT2D eigenvalue weighted by atomic mass is 10.0. The van der Waals surface area contributed by atoms with Gasteiger partial charge in [-0.3, -0.25) is 13.9 Å². The Balaban J connectivity index is 1.82. The number of halogens is 2. The fourth-order valence-electron chi connectivity index (χ4n) is 4.95. The first-order chi connectivity index (χ1) is 22.3. The second-order valence-corrected chi connectivity index (χ2v) is 14.2. The summed E-state index contributed by atoms with van der Waals surface area (Å²) in [5.41, 5.74) is 0.493. The third kappa shape index (κ3) is 9.56. The topological polar surface area (TPSA) is 96.0 Å². The van der Waals surface area contributed by atoms with E-state index in [1.165, 1.54) is 47.4 Å². The Hall–Kier alpha value is -4.41. The van der Waals surface area contributed by atoms with Crippen LogP contribution in [0.5, 0.6) is 5.75 Å². The molecule has 0 aromatic heterocycles. The molecule has 0 aliphatic rings. The van der Waals surface area contributed by atoms with Crippen molar-refractivity contribution >= 4 is 39.1 Å². The molecule has 0 radical (unpaired) electrons. The standard InChI is InChI=1S/C36H39ClFN3O5S/c1-5-46-30-19-17-29(18-20-30)41(47(44,45)31-21-15-28(37)16-22-31)25-34(42)40(24-27-13-9-10-14-32(27)38)33(35(43)39-36(2,3)4)23-26-11-7-6-8-12-26/h6-22,33H,5,23-25H2,1-4H3,(H,39,43). The van der Waals surface area contributed by atoms with Crippen molar-refractivity contribution in [3.63, 3.8) is 0 Å². The van der Waals surface area contributed by atoms with E-state index in [0.29, 0.717) is 17.4 Å². The molecule has 1 atom stereocenters. The molecule has 0 saturated carbocycles. The number of ether oxygens (including phenoxy) is 1. The van der Waals surface area contributed by atoms with Crippen molar-refractivity contribution in [1.82, 2.24) is 10.2 Å². The zero-order valence-electron chi connectivity index (χ0n) is 26.8. The van der Waals surface area contributed by atoms with Crippen LogP contribution in [-0.4, -0.2) is 49.9 Å². The zero-order chi connectivity index (χ0) is 34.2. The van der Waals surface area contributed by atoms with E-state index >= 15 is 4.39 Å². The van der Waals surface area contributed by atoms with Crippen LogP contribution in [0.4, 0.5) is 10.1 Å². The molecule has 47 heavy (non-hydrogen) atoms. The second-order valence-electron chi connectivity index (χ2n) is 12.0. The fraction of sp³-hybridized carbons (Fsp3) is 0.278. The maximum absolute atomic E-state index is 15.1. The molecule has 4 aromatic rings. The van der Waals surface area contributed by atoms with Gasteiger partial charge in [-0.05, 0) is 87.9 Å². The first kappa shape index (κ1) is 35.4. The third-order valence-corrected chi connectivity index (χ3v) is 9.22. The molecule has 4 aromatic carbocycles. The van der Waals surface area contributed by atoms with Crippen LogP contribution in [0.2, 0.25) is 5.02 Å². The molecule has 2 amide bonds. The van der Waals surface area contributed by atoms with E-state index in [1.807, 2.05) is 58.0 Å². The molecule has 1 unspecified atom stereocenters. The van der Waals surface area contributed by atoms with Crippen LogP contribution in [0.3, 0.4) is 0 Å². The molecule has 0 aliphatic heterocycles. The molecule has 1 N–H and O–H groups in total. The number of anilines is 1. The first-order valence-electron chi connectivity index (χ1n) is 15.2. The van der Waals surface area contributed by atoms with Crippen molar-refractivity contribution in [3.05, 3.63) is 125 Å². The van der Waals surface area contributed by atoms with Crippen LogP contribution < -0.4 is 14.4 Å². The Morgan fingerprint density at radius 1 is 0.894 bits per heavy atom. The smallest absolute Gasteiger partial charge is 0.264 e. The van der Waals surface area contributed by atoms with Crippen molar-refractivity contribution < 1.29 is 27.1 Å². The van der Waals surface area contributed by atoms with Gasteiger partial charge in [0.25, 0.3) is 10.0 Å². The number of sulfonamides is 1. The number of nitrogens with one attached hydrogen (secondary N) is 1. The minimum atomic E-state index is -4.33. The van der Waals surface area contributed by atoms with Crippen LogP contribution in [0.15, 0.2) is 108 Å². The summed E-state index contributed by atoms with van der Waals surface area (Å²) in [7, 11) is -4.33. The van der Waals surface area contributed by atoms with Crippen molar-refractivity contribution in [1.29, 1.82) is 0 Å². The van der Waals surface area contributed by atoms with E-state index in [9.17, 15) is 18.0 Å². The Morgan fingerprint density at radius 3 is 2.11 bits per heavy atom. The molecule has 8 nitrogen and oxygen atoms in total. The van der Waals surface area contributed by atoms with Gasteiger partial charge in [0.1, 0.15) is 24.2 Å². The van der Waals surface area contributed by atoms with Crippen molar-refractivity contribution in [3.8, 4) is 5.75 Å². The summed E-state index contributed by atoms with van der Waals surface area (Å²) in [6, 6.07) is 25.9. The molecule has 248 valence electrons. The summed E-state index contributed by atoms with van der Waals surface area (Å²) in [5.74, 6) is -1.20. The lowest BCUT2D eigenvalue weighted by Gasteiger charge is -2.35. The zero-order valence-corrected chi connectivity index (χ0v) is 28.4. The Labute approximate surface area is 281 Å². The molecular formula is C36H39ClFN3O5S. The van der Waals surface area contributed by atoms with Crippen LogP contribution in [0.1, 0.15) is 38.8 Å². The largest absolute Gasteiger partial charge is 0.494 e. The van der Waals surface area contributed by atoms with E-state index in [-0.39, 0.29) is 29.1 Å². The number of carbonyl (C=O) groups excluding carboxylic acids is 2.